The molecule has 0 bridgehead atoms. The molecule has 0 aliphatic carbocycles. The fourth-order valence-electron chi connectivity index (χ4n) is 2.53. The second-order valence-electron chi connectivity index (χ2n) is 5.00. The van der Waals surface area contributed by atoms with E-state index in [1.54, 1.807) is 21.8 Å². The molecule has 0 spiro atoms. The fraction of sp³-hybridized carbons (Fsp3) is 0.385. The van der Waals surface area contributed by atoms with Gasteiger partial charge in [-0.05, 0) is 34.8 Å². The molecule has 110 valence electrons. The van der Waals surface area contributed by atoms with Crippen LogP contribution in [0.3, 0.4) is 0 Å². The van der Waals surface area contributed by atoms with Crippen molar-refractivity contribution < 1.29 is 4.79 Å². The van der Waals surface area contributed by atoms with Crippen LogP contribution in [-0.4, -0.2) is 43.9 Å². The van der Waals surface area contributed by atoms with Gasteiger partial charge in [-0.1, -0.05) is 5.21 Å². The standard InChI is InChI=1S/C13H14BrN5O2/c14-11-6-9(7-15-12(11)20)13(21)18-4-1-2-10(8-18)19-5-3-16-17-19/h3,5-7,10H,1-2,4,8H2,(H,15,20). The van der Waals surface area contributed by atoms with Crippen LogP contribution in [-0.2, 0) is 0 Å². The average Bonchev–Trinajstić information content (AvgIpc) is 3.04. The van der Waals surface area contributed by atoms with Gasteiger partial charge in [0.2, 0.25) is 0 Å². The monoisotopic (exact) mass is 351 g/mol. The molecule has 1 aliphatic rings. The van der Waals surface area contributed by atoms with Crippen molar-refractivity contribution in [3.05, 3.63) is 45.0 Å². The smallest absolute Gasteiger partial charge is 0.262 e. The van der Waals surface area contributed by atoms with E-state index in [4.69, 9.17) is 0 Å². The molecule has 3 heterocycles. The highest BCUT2D eigenvalue weighted by atomic mass is 79.9. The van der Waals surface area contributed by atoms with E-state index in [2.05, 4.69) is 31.2 Å². The third-order valence-electron chi connectivity index (χ3n) is 3.60. The lowest BCUT2D eigenvalue weighted by atomic mass is 10.0. The summed E-state index contributed by atoms with van der Waals surface area (Å²) in [5, 5.41) is 7.82. The Balaban J connectivity index is 1.78. The number of nitrogens with zero attached hydrogens (tertiary/aromatic N) is 4. The minimum atomic E-state index is -0.245. The summed E-state index contributed by atoms with van der Waals surface area (Å²) in [5.74, 6) is -0.0863. The van der Waals surface area contributed by atoms with Crippen LogP contribution in [0.15, 0.2) is 33.9 Å². The molecule has 7 nitrogen and oxygen atoms in total. The quantitative estimate of drug-likeness (QED) is 0.881. The molecular weight excluding hydrogens is 338 g/mol. The van der Waals surface area contributed by atoms with Gasteiger partial charge in [-0.3, -0.25) is 9.59 Å². The first-order valence-electron chi connectivity index (χ1n) is 6.68. The maximum absolute atomic E-state index is 12.5. The van der Waals surface area contributed by atoms with E-state index in [1.165, 1.54) is 6.20 Å². The molecule has 1 atom stereocenters. The largest absolute Gasteiger partial charge is 0.336 e. The Kier molecular flexibility index (Phi) is 3.87. The zero-order valence-corrected chi connectivity index (χ0v) is 12.8. The fourth-order valence-corrected chi connectivity index (χ4v) is 2.89. The molecule has 1 fully saturated rings. The lowest BCUT2D eigenvalue weighted by Crippen LogP contribution is -2.41. The number of hydrogen-bond donors (Lipinski definition) is 1. The number of pyridine rings is 1. The van der Waals surface area contributed by atoms with Crippen molar-refractivity contribution in [1.82, 2.24) is 24.9 Å². The number of aromatic nitrogens is 4. The van der Waals surface area contributed by atoms with E-state index in [9.17, 15) is 9.59 Å². The predicted octanol–water partition coefficient (Wildman–Crippen LogP) is 1.21. The number of carbonyl (C=O) groups is 1. The maximum Gasteiger partial charge on any atom is 0.262 e. The van der Waals surface area contributed by atoms with Gasteiger partial charge in [-0.2, -0.15) is 0 Å². The Morgan fingerprint density at radius 1 is 1.48 bits per heavy atom. The SMILES string of the molecule is O=C(c1c[nH]c(=O)c(Br)c1)N1CCCC(n2ccnn2)C1. The molecule has 1 unspecified atom stereocenters. The van der Waals surface area contributed by atoms with Gasteiger partial charge in [0.25, 0.3) is 11.5 Å². The summed E-state index contributed by atoms with van der Waals surface area (Å²) in [6.45, 7) is 1.31. The molecule has 2 aromatic rings. The van der Waals surface area contributed by atoms with Gasteiger partial charge >= 0.3 is 0 Å². The van der Waals surface area contributed by atoms with E-state index in [-0.39, 0.29) is 17.5 Å². The van der Waals surface area contributed by atoms with Crippen molar-refractivity contribution in [2.75, 3.05) is 13.1 Å². The highest BCUT2D eigenvalue weighted by Gasteiger charge is 2.26. The Bertz CT molecular complexity index is 697. The summed E-state index contributed by atoms with van der Waals surface area (Å²) >= 11 is 3.14. The zero-order valence-electron chi connectivity index (χ0n) is 11.2. The number of aromatic amines is 1. The van der Waals surface area contributed by atoms with Gasteiger partial charge < -0.3 is 9.88 Å². The molecular formula is C13H14BrN5O2. The Labute approximate surface area is 129 Å². The molecule has 8 heteroatoms. The van der Waals surface area contributed by atoms with E-state index in [0.29, 0.717) is 23.1 Å². The summed E-state index contributed by atoms with van der Waals surface area (Å²) in [6.07, 6.45) is 6.80. The van der Waals surface area contributed by atoms with Crippen molar-refractivity contribution in [2.24, 2.45) is 0 Å². The van der Waals surface area contributed by atoms with E-state index >= 15 is 0 Å². The first-order valence-corrected chi connectivity index (χ1v) is 7.48. The van der Waals surface area contributed by atoms with Crippen LogP contribution < -0.4 is 5.56 Å². The van der Waals surface area contributed by atoms with Crippen molar-refractivity contribution in [1.29, 1.82) is 0 Å². The van der Waals surface area contributed by atoms with E-state index in [0.717, 1.165) is 12.8 Å². The number of H-pyrrole nitrogens is 1. The highest BCUT2D eigenvalue weighted by molar-refractivity contribution is 9.10. The third-order valence-corrected chi connectivity index (χ3v) is 4.19. The molecule has 0 saturated carbocycles. The van der Waals surface area contributed by atoms with Crippen LogP contribution >= 0.6 is 15.9 Å². The predicted molar refractivity (Wildman–Crippen MR) is 79.0 cm³/mol. The summed E-state index contributed by atoms with van der Waals surface area (Å²) < 4.78 is 2.15. The third kappa shape index (κ3) is 2.90. The second kappa shape index (κ2) is 5.80. The lowest BCUT2D eigenvalue weighted by Gasteiger charge is -2.32. The van der Waals surface area contributed by atoms with Crippen LogP contribution in [0.1, 0.15) is 29.2 Å². The van der Waals surface area contributed by atoms with Crippen molar-refractivity contribution in [3.8, 4) is 0 Å². The molecule has 1 N–H and O–H groups in total. The number of piperidine rings is 1. The maximum atomic E-state index is 12.5. The first kappa shape index (κ1) is 14.0. The van der Waals surface area contributed by atoms with Gasteiger partial charge in [-0.25, -0.2) is 4.68 Å². The molecule has 3 rings (SSSR count). The molecule has 1 saturated heterocycles. The molecule has 21 heavy (non-hydrogen) atoms. The minimum absolute atomic E-state index is 0.0863. The van der Waals surface area contributed by atoms with Crippen LogP contribution in [0.5, 0.6) is 0 Å². The number of carbonyl (C=O) groups excluding carboxylic acids is 1. The topological polar surface area (TPSA) is 83.9 Å². The second-order valence-corrected chi connectivity index (χ2v) is 5.85. The Morgan fingerprint density at radius 2 is 2.33 bits per heavy atom. The number of nitrogens with one attached hydrogen (secondary N) is 1. The normalized spacial score (nSPS) is 18.7. The highest BCUT2D eigenvalue weighted by Crippen LogP contribution is 2.22. The van der Waals surface area contributed by atoms with E-state index < -0.39 is 0 Å². The molecule has 1 amide bonds. The molecule has 0 aromatic carbocycles. The van der Waals surface area contributed by atoms with Crippen LogP contribution in [0, 0.1) is 0 Å². The van der Waals surface area contributed by atoms with Crippen LogP contribution in [0.4, 0.5) is 0 Å². The number of rotatable bonds is 2. The molecule has 0 radical (unpaired) electrons. The number of likely N-dealkylation sites (tertiary alicyclic amines) is 1. The Hall–Kier alpha value is -1.96. The van der Waals surface area contributed by atoms with Crippen molar-refractivity contribution >= 4 is 21.8 Å². The van der Waals surface area contributed by atoms with Crippen molar-refractivity contribution in [2.45, 2.75) is 18.9 Å². The summed E-state index contributed by atoms with van der Waals surface area (Å²) in [6, 6.07) is 1.71. The van der Waals surface area contributed by atoms with Crippen LogP contribution in [0.25, 0.3) is 0 Å². The van der Waals surface area contributed by atoms with E-state index in [1.807, 2.05) is 6.20 Å². The average molecular weight is 352 g/mol. The summed E-state index contributed by atoms with van der Waals surface area (Å²) in [4.78, 5) is 28.2. The zero-order chi connectivity index (χ0) is 14.8. The van der Waals surface area contributed by atoms with Crippen LogP contribution in [0.2, 0.25) is 0 Å². The van der Waals surface area contributed by atoms with Gasteiger partial charge in [0.1, 0.15) is 0 Å². The van der Waals surface area contributed by atoms with Crippen molar-refractivity contribution in [3.63, 3.8) is 0 Å². The first-order chi connectivity index (χ1) is 10.1. The summed E-state index contributed by atoms with van der Waals surface area (Å²) in [5.41, 5.74) is 0.228. The summed E-state index contributed by atoms with van der Waals surface area (Å²) in [7, 11) is 0. The number of amides is 1. The Morgan fingerprint density at radius 3 is 3.05 bits per heavy atom. The van der Waals surface area contributed by atoms with Gasteiger partial charge in [0, 0.05) is 25.5 Å². The van der Waals surface area contributed by atoms with Gasteiger partial charge in [0.05, 0.1) is 22.3 Å². The van der Waals surface area contributed by atoms with Gasteiger partial charge in [-0.15, -0.1) is 5.10 Å². The van der Waals surface area contributed by atoms with Gasteiger partial charge in [0.15, 0.2) is 0 Å². The minimum Gasteiger partial charge on any atom is -0.336 e. The lowest BCUT2D eigenvalue weighted by molar-refractivity contribution is 0.0671. The number of hydrogen-bond acceptors (Lipinski definition) is 4. The molecule has 1 aliphatic heterocycles. The molecule has 2 aromatic heterocycles. The number of halogens is 1.